The van der Waals surface area contributed by atoms with Gasteiger partial charge in [0.1, 0.15) is 10.5 Å². The fraction of sp³-hybridized carbons (Fsp3) is 0.526. The number of rotatable bonds is 4. The molecule has 2 fully saturated rings. The van der Waals surface area contributed by atoms with E-state index in [0.29, 0.717) is 0 Å². The van der Waals surface area contributed by atoms with Gasteiger partial charge in [0, 0.05) is 0 Å². The van der Waals surface area contributed by atoms with Gasteiger partial charge in [-0.25, -0.2) is 14.7 Å². The zero-order valence-electron chi connectivity index (χ0n) is 15.2. The first-order valence-electron chi connectivity index (χ1n) is 9.20. The number of aromatic nitrogens is 1. The summed E-state index contributed by atoms with van der Waals surface area (Å²) in [6, 6.07) is 7.82. The van der Waals surface area contributed by atoms with Gasteiger partial charge in [-0.3, -0.25) is 9.69 Å². The zero-order valence-corrected chi connectivity index (χ0v) is 16.0. The third-order valence-corrected chi connectivity index (χ3v) is 6.85. The van der Waals surface area contributed by atoms with Gasteiger partial charge in [0.05, 0.1) is 22.9 Å². The van der Waals surface area contributed by atoms with Crippen LogP contribution in [0.1, 0.15) is 50.1 Å². The average molecular weight is 372 g/mol. The maximum Gasteiger partial charge on any atom is 0.326 e. The van der Waals surface area contributed by atoms with Crippen LogP contribution in [0.3, 0.4) is 0 Å². The predicted molar refractivity (Wildman–Crippen MR) is 102 cm³/mol. The molecule has 1 aromatic carbocycles. The summed E-state index contributed by atoms with van der Waals surface area (Å²) >= 11 is 1.66. The molecule has 1 spiro atoms. The summed E-state index contributed by atoms with van der Waals surface area (Å²) in [5.41, 5.74) is 0.332. The number of fused-ring (bicyclic) bond motifs is 1. The van der Waals surface area contributed by atoms with Crippen molar-refractivity contribution in [1.29, 1.82) is 0 Å². The minimum atomic E-state index is -0.657. The molecule has 2 aromatic rings. The highest BCUT2D eigenvalue weighted by Crippen LogP contribution is 2.34. The number of nitrogens with one attached hydrogen (secondary N) is 1. The standard InChI is InChI=1S/C19H24N4O2S/c1-13(16-20-14-8-4-5-9-15(14)26-16)22(2)12-23-17(24)19(21-18(23)25)10-6-3-7-11-19/h4-5,8-9,13H,3,6-7,10-12H2,1-2H3,(H,21,25). The largest absolute Gasteiger partial charge is 0.326 e. The van der Waals surface area contributed by atoms with Crippen molar-refractivity contribution in [3.8, 4) is 0 Å². The van der Waals surface area contributed by atoms with E-state index in [1.807, 2.05) is 30.1 Å². The van der Waals surface area contributed by atoms with E-state index >= 15 is 0 Å². The molecule has 138 valence electrons. The monoisotopic (exact) mass is 372 g/mol. The van der Waals surface area contributed by atoms with Crippen molar-refractivity contribution in [1.82, 2.24) is 20.1 Å². The molecule has 26 heavy (non-hydrogen) atoms. The second-order valence-corrected chi connectivity index (χ2v) is 8.46. The number of carbonyl (C=O) groups excluding carboxylic acids is 2. The van der Waals surface area contributed by atoms with Gasteiger partial charge in [0.2, 0.25) is 0 Å². The first kappa shape index (κ1) is 17.4. The molecule has 1 unspecified atom stereocenters. The van der Waals surface area contributed by atoms with Gasteiger partial charge in [-0.15, -0.1) is 11.3 Å². The van der Waals surface area contributed by atoms with Crippen LogP contribution in [0.2, 0.25) is 0 Å². The number of thiazole rings is 1. The number of para-hydroxylation sites is 1. The summed E-state index contributed by atoms with van der Waals surface area (Å²) < 4.78 is 1.15. The van der Waals surface area contributed by atoms with Crippen LogP contribution in [0.15, 0.2) is 24.3 Å². The van der Waals surface area contributed by atoms with Gasteiger partial charge in [0.25, 0.3) is 5.91 Å². The Morgan fingerprint density at radius 3 is 2.73 bits per heavy atom. The molecule has 0 radical (unpaired) electrons. The van der Waals surface area contributed by atoms with Crippen LogP contribution in [0.25, 0.3) is 10.2 Å². The Kier molecular flexibility index (Phi) is 4.44. The molecular weight excluding hydrogens is 348 g/mol. The zero-order chi connectivity index (χ0) is 18.3. The van der Waals surface area contributed by atoms with Gasteiger partial charge in [-0.1, -0.05) is 31.4 Å². The normalized spacial score (nSPS) is 21.0. The lowest BCUT2D eigenvalue weighted by atomic mass is 9.82. The molecule has 6 nitrogen and oxygen atoms in total. The van der Waals surface area contributed by atoms with Crippen molar-refractivity contribution in [3.63, 3.8) is 0 Å². The Morgan fingerprint density at radius 1 is 1.27 bits per heavy atom. The summed E-state index contributed by atoms with van der Waals surface area (Å²) in [5.74, 6) is -0.0643. The molecule has 1 atom stereocenters. The summed E-state index contributed by atoms with van der Waals surface area (Å²) in [6.45, 7) is 2.34. The predicted octanol–water partition coefficient (Wildman–Crippen LogP) is 3.50. The van der Waals surface area contributed by atoms with Gasteiger partial charge in [-0.05, 0) is 38.9 Å². The van der Waals surface area contributed by atoms with Crippen molar-refractivity contribution in [2.24, 2.45) is 0 Å². The summed E-state index contributed by atoms with van der Waals surface area (Å²) in [4.78, 5) is 33.5. The second kappa shape index (κ2) is 6.63. The van der Waals surface area contributed by atoms with E-state index < -0.39 is 5.54 Å². The summed E-state index contributed by atoms with van der Waals surface area (Å²) in [6.07, 6.45) is 4.64. The number of hydrogen-bond donors (Lipinski definition) is 1. The Labute approximate surface area is 157 Å². The Morgan fingerprint density at radius 2 is 2.00 bits per heavy atom. The van der Waals surface area contributed by atoms with Crippen molar-refractivity contribution in [3.05, 3.63) is 29.3 Å². The molecule has 7 heteroatoms. The van der Waals surface area contributed by atoms with E-state index in [1.165, 1.54) is 4.90 Å². The van der Waals surface area contributed by atoms with Crippen LogP contribution in [0, 0.1) is 0 Å². The number of urea groups is 1. The number of benzene rings is 1. The first-order chi connectivity index (χ1) is 12.5. The fourth-order valence-corrected chi connectivity index (χ4v) is 4.99. The first-order valence-corrected chi connectivity index (χ1v) is 10.0. The molecule has 2 aliphatic rings. The molecule has 1 saturated heterocycles. The van der Waals surface area contributed by atoms with Crippen LogP contribution in [0.4, 0.5) is 4.79 Å². The highest BCUT2D eigenvalue weighted by molar-refractivity contribution is 7.18. The third-order valence-electron chi connectivity index (χ3n) is 5.65. The van der Waals surface area contributed by atoms with E-state index in [4.69, 9.17) is 4.98 Å². The molecule has 3 amide bonds. The van der Waals surface area contributed by atoms with E-state index in [2.05, 4.69) is 18.3 Å². The Hall–Kier alpha value is -1.99. The SMILES string of the molecule is CC(c1nc2ccccc2s1)N(C)CN1C(=O)NC2(CCCCC2)C1=O. The van der Waals surface area contributed by atoms with Crippen LogP contribution in [-0.2, 0) is 4.79 Å². The van der Waals surface area contributed by atoms with E-state index in [1.54, 1.807) is 11.3 Å². The molecular formula is C19H24N4O2S. The number of carbonyl (C=O) groups is 2. The molecule has 0 bridgehead atoms. The van der Waals surface area contributed by atoms with E-state index in [-0.39, 0.29) is 24.6 Å². The number of hydrogen-bond acceptors (Lipinski definition) is 5. The lowest BCUT2D eigenvalue weighted by molar-refractivity contribution is -0.134. The molecule has 1 aliphatic heterocycles. The number of nitrogens with zero attached hydrogens (tertiary/aromatic N) is 3. The third kappa shape index (κ3) is 2.89. The molecule has 1 saturated carbocycles. The van der Waals surface area contributed by atoms with Crippen molar-refractivity contribution in [2.75, 3.05) is 13.7 Å². The minimum absolute atomic E-state index is 0.0240. The smallest absolute Gasteiger partial charge is 0.323 e. The highest BCUT2D eigenvalue weighted by Gasteiger charge is 2.51. The van der Waals surface area contributed by atoms with Crippen LogP contribution in [-0.4, -0.2) is 46.0 Å². The van der Waals surface area contributed by atoms with Crippen LogP contribution < -0.4 is 5.32 Å². The second-order valence-electron chi connectivity index (χ2n) is 7.40. The van der Waals surface area contributed by atoms with Crippen molar-refractivity contribution >= 4 is 33.5 Å². The lowest BCUT2D eigenvalue weighted by Gasteiger charge is -2.31. The van der Waals surface area contributed by atoms with Gasteiger partial charge in [0.15, 0.2) is 0 Å². The van der Waals surface area contributed by atoms with Gasteiger partial charge >= 0.3 is 6.03 Å². The lowest BCUT2D eigenvalue weighted by Crippen LogP contribution is -2.49. The minimum Gasteiger partial charge on any atom is -0.323 e. The van der Waals surface area contributed by atoms with Crippen LogP contribution in [0.5, 0.6) is 0 Å². The van der Waals surface area contributed by atoms with Gasteiger partial charge in [-0.2, -0.15) is 0 Å². The topological polar surface area (TPSA) is 65.5 Å². The van der Waals surface area contributed by atoms with Crippen molar-refractivity contribution < 1.29 is 9.59 Å². The summed E-state index contributed by atoms with van der Waals surface area (Å²) in [7, 11) is 1.93. The van der Waals surface area contributed by atoms with Crippen molar-refractivity contribution in [2.45, 2.75) is 50.6 Å². The molecule has 1 aromatic heterocycles. The highest BCUT2D eigenvalue weighted by atomic mass is 32.1. The molecule has 1 aliphatic carbocycles. The summed E-state index contributed by atoms with van der Waals surface area (Å²) in [5, 5.41) is 3.97. The quantitative estimate of drug-likeness (QED) is 0.834. The molecule has 1 N–H and O–H groups in total. The molecule has 4 rings (SSSR count). The Bertz CT molecular complexity index is 810. The fourth-order valence-electron chi connectivity index (χ4n) is 3.90. The maximum atomic E-state index is 12.9. The Balaban J connectivity index is 1.49. The van der Waals surface area contributed by atoms with Gasteiger partial charge < -0.3 is 5.32 Å². The number of amides is 3. The van der Waals surface area contributed by atoms with E-state index in [9.17, 15) is 9.59 Å². The average Bonchev–Trinajstić information content (AvgIpc) is 3.17. The molecule has 2 heterocycles. The van der Waals surface area contributed by atoms with E-state index in [0.717, 1.165) is 47.3 Å². The maximum absolute atomic E-state index is 12.9. The van der Waals surface area contributed by atoms with Crippen LogP contribution >= 0.6 is 11.3 Å². The number of imide groups is 1.